The number of halogens is 1. The molecule has 0 N–H and O–H groups in total. The Balaban J connectivity index is 1.28. The molecule has 26 heavy (non-hydrogen) atoms. The molecular formula is C19H24FN3O2S. The minimum absolute atomic E-state index is 0.211. The lowest BCUT2D eigenvalue weighted by molar-refractivity contribution is -0.0743. The number of ether oxygens (including phenoxy) is 2. The average molecular weight is 377 g/mol. The molecule has 140 valence electrons. The van der Waals surface area contributed by atoms with Crippen molar-refractivity contribution < 1.29 is 13.9 Å². The van der Waals surface area contributed by atoms with Crippen molar-refractivity contribution in [1.29, 1.82) is 0 Å². The van der Waals surface area contributed by atoms with Crippen LogP contribution in [-0.2, 0) is 15.9 Å². The third-order valence-corrected chi connectivity index (χ3v) is 5.97. The lowest BCUT2D eigenvalue weighted by atomic mass is 10.1. The quantitative estimate of drug-likeness (QED) is 0.799. The first-order valence-corrected chi connectivity index (χ1v) is 10.1. The van der Waals surface area contributed by atoms with Crippen LogP contribution in [0.1, 0.15) is 36.3 Å². The van der Waals surface area contributed by atoms with E-state index in [1.807, 2.05) is 0 Å². The molecular weight excluding hydrogens is 353 g/mol. The van der Waals surface area contributed by atoms with E-state index < -0.39 is 0 Å². The fraction of sp³-hybridized carbons (Fsp3) is 0.579. The zero-order valence-corrected chi connectivity index (χ0v) is 15.6. The number of hydrogen-bond acceptors (Lipinski definition) is 6. The average Bonchev–Trinajstić information content (AvgIpc) is 3.14. The lowest BCUT2D eigenvalue weighted by Gasteiger charge is -2.34. The summed E-state index contributed by atoms with van der Waals surface area (Å²) in [6.45, 7) is 3.56. The first kappa shape index (κ1) is 17.8. The molecule has 1 aromatic carbocycles. The van der Waals surface area contributed by atoms with E-state index in [4.69, 9.17) is 9.47 Å². The summed E-state index contributed by atoms with van der Waals surface area (Å²) in [7, 11) is 0. The van der Waals surface area contributed by atoms with Crippen molar-refractivity contribution in [1.82, 2.24) is 10.2 Å². The third-order valence-electron chi connectivity index (χ3n) is 4.99. The maximum atomic E-state index is 13.0. The number of rotatable bonds is 5. The van der Waals surface area contributed by atoms with Crippen LogP contribution in [0.2, 0.25) is 0 Å². The number of benzene rings is 1. The molecule has 1 aromatic heterocycles. The topological polar surface area (TPSA) is 47.5 Å². The molecule has 0 radical (unpaired) electrons. The smallest absolute Gasteiger partial charge is 0.208 e. The van der Waals surface area contributed by atoms with Gasteiger partial charge in [-0.1, -0.05) is 23.5 Å². The molecule has 0 atom stereocenters. The molecule has 3 heterocycles. The molecule has 2 aliphatic rings. The molecule has 5 nitrogen and oxygen atoms in total. The SMILES string of the molecule is Fc1ccc(Cc2nnc(N3CCC(OC4CCOCC4)CC3)s2)cc1. The predicted octanol–water partition coefficient (Wildman–Crippen LogP) is 3.43. The van der Waals surface area contributed by atoms with Gasteiger partial charge in [0.2, 0.25) is 5.13 Å². The van der Waals surface area contributed by atoms with Gasteiger partial charge in [0.25, 0.3) is 0 Å². The fourth-order valence-corrected chi connectivity index (χ4v) is 4.41. The van der Waals surface area contributed by atoms with Crippen LogP contribution >= 0.6 is 11.3 Å². The van der Waals surface area contributed by atoms with Gasteiger partial charge in [0, 0.05) is 32.7 Å². The van der Waals surface area contributed by atoms with E-state index in [1.165, 1.54) is 12.1 Å². The second-order valence-corrected chi connectivity index (χ2v) is 7.96. The minimum Gasteiger partial charge on any atom is -0.381 e. The number of piperidine rings is 1. The van der Waals surface area contributed by atoms with Crippen molar-refractivity contribution in [3.05, 3.63) is 40.7 Å². The van der Waals surface area contributed by atoms with Gasteiger partial charge in [-0.15, -0.1) is 10.2 Å². The Labute approximate surface area is 157 Å². The number of aromatic nitrogens is 2. The van der Waals surface area contributed by atoms with E-state index in [0.29, 0.717) is 18.6 Å². The van der Waals surface area contributed by atoms with Crippen LogP contribution < -0.4 is 4.90 Å². The summed E-state index contributed by atoms with van der Waals surface area (Å²) < 4.78 is 24.6. The van der Waals surface area contributed by atoms with Gasteiger partial charge in [0.1, 0.15) is 10.8 Å². The third kappa shape index (κ3) is 4.58. The summed E-state index contributed by atoms with van der Waals surface area (Å²) in [6.07, 6.45) is 5.51. The molecule has 0 spiro atoms. The molecule has 2 aliphatic heterocycles. The van der Waals surface area contributed by atoms with E-state index in [1.54, 1.807) is 23.5 Å². The van der Waals surface area contributed by atoms with Gasteiger partial charge in [0.15, 0.2) is 0 Å². The summed E-state index contributed by atoms with van der Waals surface area (Å²) in [5.41, 5.74) is 1.05. The summed E-state index contributed by atoms with van der Waals surface area (Å²) in [5, 5.41) is 10.6. The molecule has 0 amide bonds. The summed E-state index contributed by atoms with van der Waals surface area (Å²) in [5.74, 6) is -0.211. The first-order chi connectivity index (χ1) is 12.8. The van der Waals surface area contributed by atoms with E-state index in [2.05, 4.69) is 15.1 Å². The van der Waals surface area contributed by atoms with Gasteiger partial charge >= 0.3 is 0 Å². The Kier molecular flexibility index (Phi) is 5.77. The monoisotopic (exact) mass is 377 g/mol. The molecule has 7 heteroatoms. The van der Waals surface area contributed by atoms with Gasteiger partial charge in [-0.05, 0) is 43.4 Å². The van der Waals surface area contributed by atoms with Gasteiger partial charge in [-0.3, -0.25) is 0 Å². The van der Waals surface area contributed by atoms with Crippen molar-refractivity contribution in [2.45, 2.75) is 44.3 Å². The zero-order chi connectivity index (χ0) is 17.8. The Morgan fingerprint density at radius 1 is 1.04 bits per heavy atom. The van der Waals surface area contributed by atoms with Gasteiger partial charge in [-0.25, -0.2) is 4.39 Å². The number of hydrogen-bond donors (Lipinski definition) is 0. The van der Waals surface area contributed by atoms with Crippen LogP contribution in [-0.4, -0.2) is 48.7 Å². The standard InChI is InChI=1S/C19H24FN3O2S/c20-15-3-1-14(2-4-15)13-18-21-22-19(26-18)23-9-5-16(6-10-23)25-17-7-11-24-12-8-17/h1-4,16-17H,5-13H2. The van der Waals surface area contributed by atoms with E-state index in [9.17, 15) is 4.39 Å². The molecule has 0 aliphatic carbocycles. The van der Waals surface area contributed by atoms with Gasteiger partial charge < -0.3 is 14.4 Å². The van der Waals surface area contributed by atoms with Crippen LogP contribution in [0.25, 0.3) is 0 Å². The van der Waals surface area contributed by atoms with Crippen molar-refractivity contribution in [3.63, 3.8) is 0 Å². The highest BCUT2D eigenvalue weighted by Gasteiger charge is 2.25. The van der Waals surface area contributed by atoms with Crippen molar-refractivity contribution in [2.75, 3.05) is 31.2 Å². The van der Waals surface area contributed by atoms with E-state index >= 15 is 0 Å². The normalized spacial score (nSPS) is 19.8. The maximum Gasteiger partial charge on any atom is 0.208 e. The predicted molar refractivity (Wildman–Crippen MR) is 99.3 cm³/mol. The second kappa shape index (κ2) is 8.41. The Hall–Kier alpha value is -1.57. The second-order valence-electron chi connectivity index (χ2n) is 6.92. The van der Waals surface area contributed by atoms with Crippen LogP contribution in [0.15, 0.2) is 24.3 Å². The van der Waals surface area contributed by atoms with Crippen LogP contribution in [0.3, 0.4) is 0 Å². The maximum absolute atomic E-state index is 13.0. The summed E-state index contributed by atoms with van der Waals surface area (Å²) >= 11 is 1.63. The minimum atomic E-state index is -0.211. The summed E-state index contributed by atoms with van der Waals surface area (Å²) in [6, 6.07) is 6.58. The molecule has 0 saturated carbocycles. The molecule has 0 unspecified atom stereocenters. The van der Waals surface area contributed by atoms with Crippen LogP contribution in [0, 0.1) is 5.82 Å². The number of nitrogens with zero attached hydrogens (tertiary/aromatic N) is 3. The van der Waals surface area contributed by atoms with Gasteiger partial charge in [0.05, 0.1) is 12.2 Å². The van der Waals surface area contributed by atoms with Crippen LogP contribution in [0.5, 0.6) is 0 Å². The molecule has 4 rings (SSSR count). The highest BCUT2D eigenvalue weighted by Crippen LogP contribution is 2.27. The number of anilines is 1. The Morgan fingerprint density at radius 2 is 1.73 bits per heavy atom. The lowest BCUT2D eigenvalue weighted by Crippen LogP contribution is -2.39. The Morgan fingerprint density at radius 3 is 2.46 bits per heavy atom. The van der Waals surface area contributed by atoms with Crippen molar-refractivity contribution >= 4 is 16.5 Å². The molecule has 2 fully saturated rings. The largest absolute Gasteiger partial charge is 0.381 e. The highest BCUT2D eigenvalue weighted by molar-refractivity contribution is 7.15. The van der Waals surface area contributed by atoms with Crippen molar-refractivity contribution in [2.24, 2.45) is 0 Å². The van der Waals surface area contributed by atoms with Gasteiger partial charge in [-0.2, -0.15) is 0 Å². The van der Waals surface area contributed by atoms with E-state index in [0.717, 1.165) is 67.7 Å². The van der Waals surface area contributed by atoms with Crippen LogP contribution in [0.4, 0.5) is 9.52 Å². The molecule has 2 aromatic rings. The Bertz CT molecular complexity index is 695. The van der Waals surface area contributed by atoms with E-state index in [-0.39, 0.29) is 5.82 Å². The first-order valence-electron chi connectivity index (χ1n) is 9.31. The highest BCUT2D eigenvalue weighted by atomic mass is 32.1. The molecule has 2 saturated heterocycles. The zero-order valence-electron chi connectivity index (χ0n) is 14.8. The molecule has 0 bridgehead atoms. The fourth-order valence-electron chi connectivity index (χ4n) is 3.49. The summed E-state index contributed by atoms with van der Waals surface area (Å²) in [4.78, 5) is 2.30. The van der Waals surface area contributed by atoms with Crippen molar-refractivity contribution in [3.8, 4) is 0 Å².